The van der Waals surface area contributed by atoms with Gasteiger partial charge in [0.25, 0.3) is 0 Å². The van der Waals surface area contributed by atoms with Gasteiger partial charge in [0.1, 0.15) is 11.6 Å². The van der Waals surface area contributed by atoms with Crippen molar-refractivity contribution in [3.63, 3.8) is 0 Å². The van der Waals surface area contributed by atoms with E-state index < -0.39 is 0 Å². The summed E-state index contributed by atoms with van der Waals surface area (Å²) in [6, 6.07) is 14.5. The van der Waals surface area contributed by atoms with E-state index in [1.165, 1.54) is 12.1 Å². The lowest BCUT2D eigenvalue weighted by atomic mass is 10.1. The van der Waals surface area contributed by atoms with Crippen LogP contribution in [-0.2, 0) is 0 Å². The minimum atomic E-state index is -0.224. The predicted molar refractivity (Wildman–Crippen MR) is 95.1 cm³/mol. The molecule has 2 nitrogen and oxygen atoms in total. The highest BCUT2D eigenvalue weighted by Crippen LogP contribution is 2.21. The Morgan fingerprint density at radius 3 is 2.61 bits per heavy atom. The summed E-state index contributed by atoms with van der Waals surface area (Å²) in [5.41, 5.74) is 1.84. The van der Waals surface area contributed by atoms with Gasteiger partial charge in [0.15, 0.2) is 0 Å². The maximum Gasteiger partial charge on any atom is 0.126 e. The van der Waals surface area contributed by atoms with Gasteiger partial charge in [-0.15, -0.1) is 0 Å². The molecule has 122 valence electrons. The fourth-order valence-corrected chi connectivity index (χ4v) is 2.26. The van der Waals surface area contributed by atoms with Crippen molar-refractivity contribution >= 4 is 12.2 Å². The molecule has 0 amide bonds. The Morgan fingerprint density at radius 2 is 1.83 bits per heavy atom. The van der Waals surface area contributed by atoms with Crippen LogP contribution in [0.25, 0.3) is 12.2 Å². The van der Waals surface area contributed by atoms with Gasteiger partial charge in [0.05, 0.1) is 6.61 Å². The molecule has 2 aromatic carbocycles. The summed E-state index contributed by atoms with van der Waals surface area (Å²) < 4.78 is 19.1. The van der Waals surface area contributed by atoms with Crippen LogP contribution in [-0.4, -0.2) is 32.1 Å². The number of benzene rings is 2. The number of hydrogen-bond donors (Lipinski definition) is 0. The zero-order chi connectivity index (χ0) is 16.5. The fraction of sp³-hybridized carbons (Fsp3) is 0.300. The Balaban J connectivity index is 1.94. The number of unbranched alkanes of at least 4 members (excludes halogenated alkanes) is 1. The van der Waals surface area contributed by atoms with Gasteiger partial charge in [-0.3, -0.25) is 0 Å². The summed E-state index contributed by atoms with van der Waals surface area (Å²) in [5.74, 6) is 0.641. The largest absolute Gasteiger partial charge is 0.493 e. The standard InChI is InChI=1S/C20H24FNO/c1-22(2)14-5-6-15-23-20-11-4-3-9-18(20)13-12-17-8-7-10-19(21)16-17/h3-4,7-13,16H,5-6,14-15H2,1-2H3/b13-12+. The normalized spacial score (nSPS) is 11.3. The minimum absolute atomic E-state index is 0.224. The molecule has 0 aromatic heterocycles. The lowest BCUT2D eigenvalue weighted by molar-refractivity contribution is 0.292. The van der Waals surface area contributed by atoms with Crippen LogP contribution >= 0.6 is 0 Å². The quantitative estimate of drug-likeness (QED) is 0.516. The van der Waals surface area contributed by atoms with Gasteiger partial charge in [-0.25, -0.2) is 4.39 Å². The number of nitrogens with zero attached hydrogens (tertiary/aromatic N) is 1. The first kappa shape index (κ1) is 17.2. The third kappa shape index (κ3) is 6.25. The zero-order valence-electron chi connectivity index (χ0n) is 13.8. The Morgan fingerprint density at radius 1 is 1.00 bits per heavy atom. The topological polar surface area (TPSA) is 12.5 Å². The molecule has 0 aliphatic carbocycles. The van der Waals surface area contributed by atoms with Crippen molar-refractivity contribution in [2.75, 3.05) is 27.2 Å². The predicted octanol–water partition coefficient (Wildman–Crippen LogP) is 4.72. The molecular formula is C20H24FNO. The third-order valence-electron chi connectivity index (χ3n) is 3.48. The van der Waals surface area contributed by atoms with E-state index in [9.17, 15) is 4.39 Å². The van der Waals surface area contributed by atoms with E-state index in [1.54, 1.807) is 6.07 Å². The van der Waals surface area contributed by atoms with E-state index in [0.717, 1.165) is 36.3 Å². The highest BCUT2D eigenvalue weighted by Gasteiger charge is 2.00. The van der Waals surface area contributed by atoms with E-state index in [2.05, 4.69) is 19.0 Å². The van der Waals surface area contributed by atoms with E-state index >= 15 is 0 Å². The Labute approximate surface area is 138 Å². The maximum absolute atomic E-state index is 13.2. The molecule has 0 aliphatic rings. The number of para-hydroxylation sites is 1. The van der Waals surface area contributed by atoms with Gasteiger partial charge in [-0.05, 0) is 57.2 Å². The average molecular weight is 313 g/mol. The monoisotopic (exact) mass is 313 g/mol. The summed E-state index contributed by atoms with van der Waals surface area (Å²) in [7, 11) is 4.15. The van der Waals surface area contributed by atoms with Crippen molar-refractivity contribution in [1.29, 1.82) is 0 Å². The van der Waals surface area contributed by atoms with Crippen LogP contribution in [0.3, 0.4) is 0 Å². The molecule has 2 rings (SSSR count). The summed E-state index contributed by atoms with van der Waals surface area (Å²) in [6.07, 6.45) is 6.01. The summed E-state index contributed by atoms with van der Waals surface area (Å²) in [6.45, 7) is 1.78. The Hall–Kier alpha value is -2.13. The van der Waals surface area contributed by atoms with Crippen molar-refractivity contribution in [1.82, 2.24) is 4.90 Å². The zero-order valence-corrected chi connectivity index (χ0v) is 13.8. The van der Waals surface area contributed by atoms with Crippen LogP contribution in [0.4, 0.5) is 4.39 Å². The van der Waals surface area contributed by atoms with Crippen LogP contribution in [0, 0.1) is 5.82 Å². The van der Waals surface area contributed by atoms with Crippen LogP contribution in [0.5, 0.6) is 5.75 Å². The summed E-state index contributed by atoms with van der Waals surface area (Å²) in [5, 5.41) is 0. The highest BCUT2D eigenvalue weighted by molar-refractivity contribution is 5.72. The molecular weight excluding hydrogens is 289 g/mol. The van der Waals surface area contributed by atoms with E-state index in [4.69, 9.17) is 4.74 Å². The second kappa shape index (κ2) is 9.11. The van der Waals surface area contributed by atoms with Gasteiger partial charge < -0.3 is 9.64 Å². The molecule has 0 spiro atoms. The molecule has 0 N–H and O–H groups in total. The maximum atomic E-state index is 13.2. The smallest absolute Gasteiger partial charge is 0.126 e. The van der Waals surface area contributed by atoms with Gasteiger partial charge in [0, 0.05) is 5.56 Å². The number of hydrogen-bond acceptors (Lipinski definition) is 2. The number of ether oxygens (including phenoxy) is 1. The number of halogens is 1. The lowest BCUT2D eigenvalue weighted by Gasteiger charge is -2.11. The molecule has 0 aliphatic heterocycles. The SMILES string of the molecule is CN(C)CCCCOc1ccccc1/C=C/c1cccc(F)c1. The number of rotatable bonds is 8. The molecule has 0 saturated heterocycles. The van der Waals surface area contributed by atoms with Crippen molar-refractivity contribution in [3.8, 4) is 5.75 Å². The summed E-state index contributed by atoms with van der Waals surface area (Å²) >= 11 is 0. The second-order valence-electron chi connectivity index (χ2n) is 5.79. The molecule has 0 radical (unpaired) electrons. The second-order valence-corrected chi connectivity index (χ2v) is 5.79. The van der Waals surface area contributed by atoms with E-state index in [1.807, 2.05) is 42.5 Å². The molecule has 0 heterocycles. The molecule has 3 heteroatoms. The average Bonchev–Trinajstić information content (AvgIpc) is 2.53. The van der Waals surface area contributed by atoms with Crippen LogP contribution in [0.2, 0.25) is 0 Å². The fourth-order valence-electron chi connectivity index (χ4n) is 2.26. The molecule has 23 heavy (non-hydrogen) atoms. The van der Waals surface area contributed by atoms with E-state index in [-0.39, 0.29) is 5.82 Å². The molecule has 0 unspecified atom stereocenters. The molecule has 0 atom stereocenters. The van der Waals surface area contributed by atoms with Gasteiger partial charge in [0.2, 0.25) is 0 Å². The van der Waals surface area contributed by atoms with Crippen LogP contribution in [0.1, 0.15) is 24.0 Å². The summed E-state index contributed by atoms with van der Waals surface area (Å²) in [4.78, 5) is 2.18. The first-order valence-electron chi connectivity index (χ1n) is 7.95. The van der Waals surface area contributed by atoms with Gasteiger partial charge >= 0.3 is 0 Å². The highest BCUT2D eigenvalue weighted by atomic mass is 19.1. The van der Waals surface area contributed by atoms with Crippen LogP contribution < -0.4 is 4.74 Å². The lowest BCUT2D eigenvalue weighted by Crippen LogP contribution is -2.13. The molecule has 0 saturated carbocycles. The van der Waals surface area contributed by atoms with Crippen molar-refractivity contribution in [2.45, 2.75) is 12.8 Å². The van der Waals surface area contributed by atoms with Crippen molar-refractivity contribution in [2.24, 2.45) is 0 Å². The first-order chi connectivity index (χ1) is 11.1. The molecule has 2 aromatic rings. The first-order valence-corrected chi connectivity index (χ1v) is 7.95. The molecule has 0 bridgehead atoms. The van der Waals surface area contributed by atoms with Gasteiger partial charge in [-0.2, -0.15) is 0 Å². The molecule has 0 fully saturated rings. The van der Waals surface area contributed by atoms with Crippen LogP contribution in [0.15, 0.2) is 48.5 Å². The Kier molecular flexibility index (Phi) is 6.82. The minimum Gasteiger partial charge on any atom is -0.493 e. The Bertz CT molecular complexity index is 637. The van der Waals surface area contributed by atoms with Crippen molar-refractivity contribution in [3.05, 3.63) is 65.5 Å². The third-order valence-corrected chi connectivity index (χ3v) is 3.48. The van der Waals surface area contributed by atoms with Gasteiger partial charge in [-0.1, -0.05) is 42.5 Å². The van der Waals surface area contributed by atoms with Crippen molar-refractivity contribution < 1.29 is 9.13 Å². The van der Waals surface area contributed by atoms with E-state index in [0.29, 0.717) is 6.61 Å².